The van der Waals surface area contributed by atoms with Gasteiger partial charge in [0.25, 0.3) is 0 Å². The molecule has 1 N–H and O–H groups in total. The minimum Gasteiger partial charge on any atom is -0.458 e. The molecule has 0 radical (unpaired) electrons. The zero-order chi connectivity index (χ0) is 14.5. The Balaban J connectivity index is 2.24. The van der Waals surface area contributed by atoms with E-state index in [4.69, 9.17) is 4.42 Å². The molecule has 2 rings (SSSR count). The van der Waals surface area contributed by atoms with Gasteiger partial charge in [0, 0.05) is 5.39 Å². The third-order valence-electron chi connectivity index (χ3n) is 3.73. The lowest BCUT2D eigenvalue weighted by Gasteiger charge is -2.19. The molecule has 0 amide bonds. The monoisotopic (exact) mass is 337 g/mol. The number of furan rings is 1. The van der Waals surface area contributed by atoms with Crippen molar-refractivity contribution >= 4 is 26.9 Å². The molecule has 1 aromatic carbocycles. The number of rotatable bonds is 7. The topological polar surface area (TPSA) is 25.2 Å². The first-order valence-corrected chi connectivity index (χ1v) is 8.36. The van der Waals surface area contributed by atoms with Crippen molar-refractivity contribution in [2.45, 2.75) is 46.1 Å². The predicted molar refractivity (Wildman–Crippen MR) is 89.0 cm³/mol. The highest BCUT2D eigenvalue weighted by Crippen LogP contribution is 2.32. The van der Waals surface area contributed by atoms with E-state index in [0.717, 1.165) is 28.8 Å². The molecular weight excluding hydrogens is 314 g/mol. The number of para-hydroxylation sites is 1. The average molecular weight is 338 g/mol. The van der Waals surface area contributed by atoms with Gasteiger partial charge in [-0.3, -0.25) is 0 Å². The highest BCUT2D eigenvalue weighted by atomic mass is 79.9. The van der Waals surface area contributed by atoms with Gasteiger partial charge >= 0.3 is 0 Å². The van der Waals surface area contributed by atoms with Gasteiger partial charge in [-0.1, -0.05) is 45.7 Å². The van der Waals surface area contributed by atoms with E-state index in [0.29, 0.717) is 12.0 Å². The van der Waals surface area contributed by atoms with E-state index in [-0.39, 0.29) is 0 Å². The first-order valence-electron chi connectivity index (χ1n) is 7.57. The Bertz CT molecular complexity index is 549. The zero-order valence-electron chi connectivity index (χ0n) is 12.6. The molecule has 1 heterocycles. The SMILES string of the molecule is CCCC(C)CC(NCC)c1cc2cccc(Br)c2o1. The van der Waals surface area contributed by atoms with Gasteiger partial charge in [0.05, 0.1) is 10.5 Å². The maximum atomic E-state index is 6.08. The Morgan fingerprint density at radius 3 is 2.75 bits per heavy atom. The lowest BCUT2D eigenvalue weighted by molar-refractivity contribution is 0.352. The van der Waals surface area contributed by atoms with E-state index < -0.39 is 0 Å². The molecule has 0 spiro atoms. The molecule has 20 heavy (non-hydrogen) atoms. The van der Waals surface area contributed by atoms with Crippen LogP contribution in [0.5, 0.6) is 0 Å². The van der Waals surface area contributed by atoms with Gasteiger partial charge in [-0.05, 0) is 46.9 Å². The molecule has 0 aliphatic carbocycles. The molecule has 0 saturated heterocycles. The summed E-state index contributed by atoms with van der Waals surface area (Å²) in [6, 6.07) is 8.66. The third-order valence-corrected chi connectivity index (χ3v) is 4.35. The maximum Gasteiger partial charge on any atom is 0.148 e. The quantitative estimate of drug-likeness (QED) is 0.703. The Morgan fingerprint density at radius 2 is 2.10 bits per heavy atom. The van der Waals surface area contributed by atoms with Crippen LogP contribution in [0.3, 0.4) is 0 Å². The van der Waals surface area contributed by atoms with Crippen molar-refractivity contribution in [2.75, 3.05) is 6.54 Å². The van der Waals surface area contributed by atoms with Crippen LogP contribution in [-0.4, -0.2) is 6.54 Å². The number of hydrogen-bond acceptors (Lipinski definition) is 2. The summed E-state index contributed by atoms with van der Waals surface area (Å²) in [6.45, 7) is 7.68. The minimum absolute atomic E-state index is 0.306. The maximum absolute atomic E-state index is 6.08. The molecule has 0 saturated carbocycles. The summed E-state index contributed by atoms with van der Waals surface area (Å²) in [6.07, 6.45) is 3.64. The molecule has 0 fully saturated rings. The highest BCUT2D eigenvalue weighted by molar-refractivity contribution is 9.10. The van der Waals surface area contributed by atoms with Crippen molar-refractivity contribution in [1.29, 1.82) is 0 Å². The second-order valence-corrected chi connectivity index (χ2v) is 6.40. The lowest BCUT2D eigenvalue weighted by atomic mass is 9.96. The van der Waals surface area contributed by atoms with Crippen molar-refractivity contribution in [3.63, 3.8) is 0 Å². The zero-order valence-corrected chi connectivity index (χ0v) is 14.2. The normalized spacial score (nSPS) is 14.6. The summed E-state index contributed by atoms with van der Waals surface area (Å²) in [5.41, 5.74) is 0.952. The molecule has 2 aromatic rings. The van der Waals surface area contributed by atoms with Gasteiger partial charge in [0.15, 0.2) is 0 Å². The van der Waals surface area contributed by atoms with E-state index in [1.54, 1.807) is 0 Å². The number of hydrogen-bond donors (Lipinski definition) is 1. The van der Waals surface area contributed by atoms with Crippen molar-refractivity contribution in [1.82, 2.24) is 5.32 Å². The fourth-order valence-electron chi connectivity index (χ4n) is 2.78. The number of fused-ring (bicyclic) bond motifs is 1. The van der Waals surface area contributed by atoms with Gasteiger partial charge in [-0.25, -0.2) is 0 Å². The van der Waals surface area contributed by atoms with Gasteiger partial charge in [0.1, 0.15) is 11.3 Å². The molecular formula is C17H24BrNO. The summed E-state index contributed by atoms with van der Waals surface area (Å²) in [5, 5.41) is 4.73. The third kappa shape index (κ3) is 3.64. The van der Waals surface area contributed by atoms with Crippen molar-refractivity contribution in [2.24, 2.45) is 5.92 Å². The fourth-order valence-corrected chi connectivity index (χ4v) is 3.24. The standard InChI is InChI=1S/C17H24BrNO/c1-4-7-12(3)10-15(19-5-2)16-11-13-8-6-9-14(18)17(13)20-16/h6,8-9,11-12,15,19H,4-5,7,10H2,1-3H3. The van der Waals surface area contributed by atoms with E-state index >= 15 is 0 Å². The molecule has 0 aliphatic heterocycles. The van der Waals surface area contributed by atoms with Crippen molar-refractivity contribution in [3.8, 4) is 0 Å². The van der Waals surface area contributed by atoms with Crippen molar-refractivity contribution < 1.29 is 4.42 Å². The Labute approximate surface area is 130 Å². The van der Waals surface area contributed by atoms with Gasteiger partial charge in [-0.15, -0.1) is 0 Å². The van der Waals surface area contributed by atoms with Gasteiger partial charge in [-0.2, -0.15) is 0 Å². The van der Waals surface area contributed by atoms with Crippen LogP contribution < -0.4 is 5.32 Å². The van der Waals surface area contributed by atoms with E-state index in [2.05, 4.69) is 54.2 Å². The molecule has 2 atom stereocenters. The van der Waals surface area contributed by atoms with E-state index in [1.807, 2.05) is 12.1 Å². The Hall–Kier alpha value is -0.800. The molecule has 1 aromatic heterocycles. The van der Waals surface area contributed by atoms with Crippen LogP contribution in [0.25, 0.3) is 11.0 Å². The fraction of sp³-hybridized carbons (Fsp3) is 0.529. The van der Waals surface area contributed by atoms with E-state index in [1.165, 1.54) is 18.2 Å². The minimum atomic E-state index is 0.306. The van der Waals surface area contributed by atoms with Crippen LogP contribution in [0.4, 0.5) is 0 Å². The molecule has 0 aliphatic rings. The van der Waals surface area contributed by atoms with E-state index in [9.17, 15) is 0 Å². The number of benzene rings is 1. The van der Waals surface area contributed by atoms with Crippen LogP contribution in [0.15, 0.2) is 33.2 Å². The first-order chi connectivity index (χ1) is 9.65. The molecule has 0 bridgehead atoms. The smallest absolute Gasteiger partial charge is 0.148 e. The molecule has 110 valence electrons. The summed E-state index contributed by atoms with van der Waals surface area (Å²) in [7, 11) is 0. The number of nitrogens with one attached hydrogen (secondary N) is 1. The second kappa shape index (κ2) is 7.28. The molecule has 2 nitrogen and oxygen atoms in total. The first kappa shape index (κ1) is 15.6. The van der Waals surface area contributed by atoms with Gasteiger partial charge < -0.3 is 9.73 Å². The van der Waals surface area contributed by atoms with Gasteiger partial charge in [0.2, 0.25) is 0 Å². The van der Waals surface area contributed by atoms with Crippen LogP contribution in [-0.2, 0) is 0 Å². The summed E-state index contributed by atoms with van der Waals surface area (Å²) < 4.78 is 7.11. The summed E-state index contributed by atoms with van der Waals surface area (Å²) >= 11 is 3.56. The average Bonchev–Trinajstić information content (AvgIpc) is 2.84. The summed E-state index contributed by atoms with van der Waals surface area (Å²) in [4.78, 5) is 0. The lowest BCUT2D eigenvalue weighted by Crippen LogP contribution is -2.22. The second-order valence-electron chi connectivity index (χ2n) is 5.55. The molecule has 2 unspecified atom stereocenters. The van der Waals surface area contributed by atoms with Crippen LogP contribution in [0, 0.1) is 5.92 Å². The van der Waals surface area contributed by atoms with Crippen molar-refractivity contribution in [3.05, 3.63) is 34.5 Å². The Morgan fingerprint density at radius 1 is 1.30 bits per heavy atom. The van der Waals surface area contributed by atoms with Crippen LogP contribution in [0.2, 0.25) is 0 Å². The predicted octanol–water partition coefficient (Wildman–Crippen LogP) is 5.67. The largest absolute Gasteiger partial charge is 0.458 e. The Kier molecular flexibility index (Phi) is 5.67. The summed E-state index contributed by atoms with van der Waals surface area (Å²) in [5.74, 6) is 1.76. The van der Waals surface area contributed by atoms with Crippen LogP contribution >= 0.6 is 15.9 Å². The molecule has 3 heteroatoms. The van der Waals surface area contributed by atoms with Crippen LogP contribution in [0.1, 0.15) is 51.8 Å². The highest BCUT2D eigenvalue weighted by Gasteiger charge is 2.18. The number of halogens is 1.